The fourth-order valence-corrected chi connectivity index (χ4v) is 4.36. The molecule has 0 saturated heterocycles. The van der Waals surface area contributed by atoms with Crippen molar-refractivity contribution in [3.8, 4) is 23.0 Å². The quantitative estimate of drug-likeness (QED) is 0.109. The Balaban J connectivity index is 0.000000435. The number of hydrogen-bond acceptors (Lipinski definition) is 8. The average molecular weight is 577 g/mol. The third kappa shape index (κ3) is 11.5. The fourth-order valence-electron chi connectivity index (χ4n) is 4.36. The van der Waals surface area contributed by atoms with Crippen molar-refractivity contribution in [3.05, 3.63) is 46.0 Å². The smallest absolute Gasteiger partial charge is 0.338 e. The van der Waals surface area contributed by atoms with Gasteiger partial charge in [0.1, 0.15) is 5.60 Å². The van der Waals surface area contributed by atoms with Gasteiger partial charge in [-0.05, 0) is 77.6 Å². The monoisotopic (exact) mass is 576 g/mol. The van der Waals surface area contributed by atoms with E-state index in [0.717, 1.165) is 37.7 Å². The zero-order valence-electron chi connectivity index (χ0n) is 25.6. The number of aliphatic hydroxyl groups is 1. The van der Waals surface area contributed by atoms with E-state index in [1.54, 1.807) is 34.6 Å². The van der Waals surface area contributed by atoms with Crippen LogP contribution in [0.25, 0.3) is 0 Å². The maximum atomic E-state index is 11.8. The van der Waals surface area contributed by atoms with Crippen LogP contribution in [0.15, 0.2) is 18.2 Å². The highest BCUT2D eigenvalue weighted by Crippen LogP contribution is 2.48. The van der Waals surface area contributed by atoms with E-state index in [4.69, 9.17) is 24.4 Å². The standard InChI is InChI=1S/C19H32O5.C13H16O4/c1-14-15(12-10-8-6-4-5-7-9-11-13-20)17(22)19(24-3)18(23-2)16(14)21;1-8-7-9(11(14)15)5-6-10(8)12(16)17-13(2,3)4/h20-22H,4-13H2,1-3H3;5-7H,1-4H3,(H,14,15). The number of phenols is 2. The molecule has 0 radical (unpaired) electrons. The van der Waals surface area contributed by atoms with Crippen LogP contribution in [0.4, 0.5) is 0 Å². The zero-order chi connectivity index (χ0) is 31.2. The summed E-state index contributed by atoms with van der Waals surface area (Å²) in [7, 11) is 2.89. The summed E-state index contributed by atoms with van der Waals surface area (Å²) in [5.74, 6) is -0.978. The lowest BCUT2D eigenvalue weighted by atomic mass is 9.98. The topological polar surface area (TPSA) is 143 Å². The predicted octanol–water partition coefficient (Wildman–Crippen LogP) is 6.73. The Morgan fingerprint density at radius 3 is 1.78 bits per heavy atom. The van der Waals surface area contributed by atoms with Crippen LogP contribution < -0.4 is 9.47 Å². The molecule has 0 bridgehead atoms. The first-order chi connectivity index (χ1) is 19.3. The molecule has 0 aromatic heterocycles. The van der Waals surface area contributed by atoms with E-state index >= 15 is 0 Å². The number of aromatic carboxylic acids is 1. The summed E-state index contributed by atoms with van der Waals surface area (Å²) in [5.41, 5.74) is 1.97. The molecule has 41 heavy (non-hydrogen) atoms. The van der Waals surface area contributed by atoms with Gasteiger partial charge in [0.2, 0.25) is 11.5 Å². The molecule has 0 atom stereocenters. The highest BCUT2D eigenvalue weighted by atomic mass is 16.6. The van der Waals surface area contributed by atoms with E-state index < -0.39 is 17.5 Å². The zero-order valence-corrected chi connectivity index (χ0v) is 25.6. The summed E-state index contributed by atoms with van der Waals surface area (Å²) in [4.78, 5) is 22.5. The van der Waals surface area contributed by atoms with Crippen molar-refractivity contribution in [2.24, 2.45) is 0 Å². The van der Waals surface area contributed by atoms with Gasteiger partial charge >= 0.3 is 11.9 Å². The Morgan fingerprint density at radius 2 is 1.32 bits per heavy atom. The van der Waals surface area contributed by atoms with Crippen molar-refractivity contribution in [1.29, 1.82) is 0 Å². The third-order valence-corrected chi connectivity index (χ3v) is 6.57. The van der Waals surface area contributed by atoms with Crippen molar-refractivity contribution in [2.45, 2.75) is 98.0 Å². The summed E-state index contributed by atoms with van der Waals surface area (Å²) in [6, 6.07) is 4.34. The Hall–Kier alpha value is -3.46. The van der Waals surface area contributed by atoms with Crippen molar-refractivity contribution < 1.29 is 44.2 Å². The highest BCUT2D eigenvalue weighted by Gasteiger charge is 2.23. The first-order valence-corrected chi connectivity index (χ1v) is 14.1. The number of rotatable bonds is 14. The maximum Gasteiger partial charge on any atom is 0.338 e. The molecule has 2 aromatic carbocycles. The molecule has 0 spiro atoms. The summed E-state index contributed by atoms with van der Waals surface area (Å²) < 4.78 is 15.5. The Kier molecular flexibility index (Phi) is 15.1. The second-order valence-electron chi connectivity index (χ2n) is 11.0. The summed E-state index contributed by atoms with van der Waals surface area (Å²) in [5, 5.41) is 38.2. The number of carboxylic acid groups (broad SMARTS) is 1. The molecule has 4 N–H and O–H groups in total. The largest absolute Gasteiger partial charge is 0.504 e. The van der Waals surface area contributed by atoms with Gasteiger partial charge in [-0.2, -0.15) is 0 Å². The summed E-state index contributed by atoms with van der Waals surface area (Å²) in [6.07, 6.45) is 9.52. The van der Waals surface area contributed by atoms with Crippen LogP contribution in [-0.4, -0.2) is 58.8 Å². The number of aliphatic hydroxyl groups excluding tert-OH is 1. The van der Waals surface area contributed by atoms with Gasteiger partial charge in [-0.15, -0.1) is 0 Å². The Bertz CT molecular complexity index is 1130. The van der Waals surface area contributed by atoms with Gasteiger partial charge in [0.05, 0.1) is 25.3 Å². The molecular weight excluding hydrogens is 528 g/mol. The van der Waals surface area contributed by atoms with Gasteiger partial charge in [0.15, 0.2) is 11.5 Å². The molecule has 9 heteroatoms. The number of methoxy groups -OCH3 is 2. The number of unbranched alkanes of at least 4 members (excludes halogenated alkanes) is 7. The van der Waals surface area contributed by atoms with E-state index in [2.05, 4.69) is 0 Å². The minimum atomic E-state index is -1.01. The molecule has 0 fully saturated rings. The molecule has 0 heterocycles. The molecule has 0 aliphatic heterocycles. The fraction of sp³-hybridized carbons (Fsp3) is 0.562. The van der Waals surface area contributed by atoms with Gasteiger partial charge in [-0.25, -0.2) is 9.59 Å². The van der Waals surface area contributed by atoms with Crippen molar-refractivity contribution >= 4 is 11.9 Å². The van der Waals surface area contributed by atoms with Crippen molar-refractivity contribution in [3.63, 3.8) is 0 Å². The second kappa shape index (κ2) is 17.4. The van der Waals surface area contributed by atoms with Crippen LogP contribution in [-0.2, 0) is 11.2 Å². The van der Waals surface area contributed by atoms with E-state index in [9.17, 15) is 19.8 Å². The molecule has 2 aromatic rings. The molecule has 9 nitrogen and oxygen atoms in total. The number of aromatic hydroxyl groups is 2. The SMILES string of the molecule is COc1c(O)c(C)c(CCCCCCCCCCO)c(O)c1OC.Cc1cc(C(=O)O)ccc1C(=O)OC(C)(C)C. The Morgan fingerprint density at radius 1 is 0.805 bits per heavy atom. The predicted molar refractivity (Wildman–Crippen MR) is 159 cm³/mol. The van der Waals surface area contributed by atoms with Gasteiger partial charge < -0.3 is 34.6 Å². The molecule has 0 saturated carbocycles. The number of ether oxygens (including phenoxy) is 3. The molecule has 0 unspecified atom stereocenters. The van der Waals surface area contributed by atoms with Crippen LogP contribution in [0.2, 0.25) is 0 Å². The van der Waals surface area contributed by atoms with Crippen LogP contribution in [0.1, 0.15) is 110 Å². The van der Waals surface area contributed by atoms with Crippen LogP contribution in [0.3, 0.4) is 0 Å². The van der Waals surface area contributed by atoms with E-state index in [1.807, 2.05) is 0 Å². The lowest BCUT2D eigenvalue weighted by Crippen LogP contribution is -2.24. The number of benzene rings is 2. The molecule has 0 aliphatic carbocycles. The molecule has 0 aliphatic rings. The third-order valence-electron chi connectivity index (χ3n) is 6.57. The van der Waals surface area contributed by atoms with Gasteiger partial charge in [-0.3, -0.25) is 0 Å². The minimum absolute atomic E-state index is 0.0334. The molecule has 2 rings (SSSR count). The van der Waals surface area contributed by atoms with Gasteiger partial charge in [0.25, 0.3) is 0 Å². The molecular formula is C32H48O9. The van der Waals surface area contributed by atoms with E-state index in [1.165, 1.54) is 51.7 Å². The number of esters is 1. The first-order valence-electron chi connectivity index (χ1n) is 14.1. The summed E-state index contributed by atoms with van der Waals surface area (Å²) >= 11 is 0. The average Bonchev–Trinajstić information content (AvgIpc) is 2.90. The summed E-state index contributed by atoms with van der Waals surface area (Å²) in [6.45, 7) is 9.11. The van der Waals surface area contributed by atoms with Crippen molar-refractivity contribution in [1.82, 2.24) is 0 Å². The highest BCUT2D eigenvalue weighted by molar-refractivity contribution is 5.94. The number of phenolic OH excluding ortho intramolecular Hbond substituents is 2. The number of carboxylic acids is 1. The van der Waals surface area contributed by atoms with Crippen LogP contribution >= 0.6 is 0 Å². The molecule has 230 valence electrons. The van der Waals surface area contributed by atoms with E-state index in [-0.39, 0.29) is 28.6 Å². The van der Waals surface area contributed by atoms with E-state index in [0.29, 0.717) is 29.7 Å². The number of aryl methyl sites for hydroxylation is 1. The lowest BCUT2D eigenvalue weighted by Gasteiger charge is -2.20. The van der Waals surface area contributed by atoms with Crippen molar-refractivity contribution in [2.75, 3.05) is 20.8 Å². The normalized spacial score (nSPS) is 10.9. The second-order valence-corrected chi connectivity index (χ2v) is 11.0. The lowest BCUT2D eigenvalue weighted by molar-refractivity contribution is 0.00682. The van der Waals surface area contributed by atoms with Crippen LogP contribution in [0.5, 0.6) is 23.0 Å². The minimum Gasteiger partial charge on any atom is -0.504 e. The maximum absolute atomic E-state index is 11.8. The van der Waals surface area contributed by atoms with Gasteiger partial charge in [0, 0.05) is 17.7 Å². The number of carbonyl (C=O) groups excluding carboxylic acids is 1. The van der Waals surface area contributed by atoms with Crippen LogP contribution in [0, 0.1) is 13.8 Å². The number of carbonyl (C=O) groups is 2. The first kappa shape index (κ1) is 35.6. The Labute approximate surface area is 244 Å². The molecule has 0 amide bonds. The number of hydrogen-bond donors (Lipinski definition) is 4. The van der Waals surface area contributed by atoms with Gasteiger partial charge in [-0.1, -0.05) is 38.5 Å².